The van der Waals surface area contributed by atoms with E-state index in [-0.39, 0.29) is 11.9 Å². The van der Waals surface area contributed by atoms with Crippen molar-refractivity contribution in [2.24, 2.45) is 0 Å². The molecule has 1 nitrogen and oxygen atoms in total. The first-order valence-electron chi connectivity index (χ1n) is 6.44. The van der Waals surface area contributed by atoms with Gasteiger partial charge in [-0.3, -0.25) is 0 Å². The molecule has 1 N–H and O–H groups in total. The van der Waals surface area contributed by atoms with E-state index in [4.69, 9.17) is 11.6 Å². The van der Waals surface area contributed by atoms with Crippen LogP contribution in [0.2, 0.25) is 5.02 Å². The van der Waals surface area contributed by atoms with Crippen molar-refractivity contribution in [2.45, 2.75) is 23.6 Å². The fraction of sp³-hybridized carbons (Fsp3) is 0.250. The van der Waals surface area contributed by atoms with Crippen molar-refractivity contribution in [1.82, 2.24) is 5.32 Å². The second-order valence-corrected chi connectivity index (χ2v) is 6.01. The Labute approximate surface area is 128 Å². The smallest absolute Gasteiger partial charge is 0.137 e. The van der Waals surface area contributed by atoms with E-state index in [1.807, 2.05) is 44.3 Å². The zero-order valence-electron chi connectivity index (χ0n) is 11.5. The lowest BCUT2D eigenvalue weighted by Crippen LogP contribution is -2.13. The van der Waals surface area contributed by atoms with Crippen LogP contribution in [-0.2, 0) is 5.75 Å². The summed E-state index contributed by atoms with van der Waals surface area (Å²) in [6.45, 7) is 2.03. The molecule has 0 bridgehead atoms. The van der Waals surface area contributed by atoms with Crippen LogP contribution in [0.1, 0.15) is 24.1 Å². The molecule has 2 aromatic carbocycles. The van der Waals surface area contributed by atoms with Gasteiger partial charge in [-0.05, 0) is 43.3 Å². The van der Waals surface area contributed by atoms with Gasteiger partial charge in [-0.2, -0.15) is 0 Å². The summed E-state index contributed by atoms with van der Waals surface area (Å²) in [4.78, 5) is 0.712. The highest BCUT2D eigenvalue weighted by Crippen LogP contribution is 2.32. The van der Waals surface area contributed by atoms with E-state index in [9.17, 15) is 4.39 Å². The van der Waals surface area contributed by atoms with Gasteiger partial charge in [-0.1, -0.05) is 35.9 Å². The van der Waals surface area contributed by atoms with Crippen LogP contribution >= 0.6 is 23.4 Å². The molecule has 2 aromatic rings. The van der Waals surface area contributed by atoms with Crippen LogP contribution in [0.5, 0.6) is 0 Å². The topological polar surface area (TPSA) is 12.0 Å². The molecule has 0 fully saturated rings. The first-order chi connectivity index (χ1) is 9.61. The fourth-order valence-electron chi connectivity index (χ4n) is 1.91. The summed E-state index contributed by atoms with van der Waals surface area (Å²) in [7, 11) is 1.88. The number of thioether (sulfide) groups is 1. The molecule has 0 aliphatic heterocycles. The summed E-state index contributed by atoms with van der Waals surface area (Å²) in [5.74, 6) is 0.560. The van der Waals surface area contributed by atoms with E-state index in [1.165, 1.54) is 17.8 Å². The number of hydrogen-bond acceptors (Lipinski definition) is 2. The molecule has 0 aromatic heterocycles. The quantitative estimate of drug-likeness (QED) is 0.775. The summed E-state index contributed by atoms with van der Waals surface area (Å²) in [5, 5.41) is 3.87. The van der Waals surface area contributed by atoms with Crippen molar-refractivity contribution in [3.8, 4) is 0 Å². The Morgan fingerprint density at radius 2 is 1.90 bits per heavy atom. The van der Waals surface area contributed by atoms with E-state index >= 15 is 0 Å². The molecule has 0 aliphatic rings. The van der Waals surface area contributed by atoms with Crippen molar-refractivity contribution in [1.29, 1.82) is 0 Å². The number of nitrogens with one attached hydrogen (secondary N) is 1. The van der Waals surface area contributed by atoms with Crippen molar-refractivity contribution in [2.75, 3.05) is 7.05 Å². The molecular weight excluding hydrogens is 293 g/mol. The normalized spacial score (nSPS) is 12.4. The van der Waals surface area contributed by atoms with Crippen molar-refractivity contribution in [3.05, 3.63) is 64.4 Å². The highest BCUT2D eigenvalue weighted by Gasteiger charge is 2.13. The predicted molar refractivity (Wildman–Crippen MR) is 84.9 cm³/mol. The lowest BCUT2D eigenvalue weighted by molar-refractivity contribution is 0.576. The van der Waals surface area contributed by atoms with E-state index in [0.717, 1.165) is 16.9 Å². The number of rotatable bonds is 5. The number of hydrogen-bond donors (Lipinski definition) is 1. The van der Waals surface area contributed by atoms with E-state index in [2.05, 4.69) is 5.32 Å². The molecule has 106 valence electrons. The fourth-order valence-corrected chi connectivity index (χ4v) is 3.16. The summed E-state index contributed by atoms with van der Waals surface area (Å²) in [6.07, 6.45) is 0. The van der Waals surface area contributed by atoms with Crippen molar-refractivity contribution >= 4 is 23.4 Å². The monoisotopic (exact) mass is 309 g/mol. The second kappa shape index (κ2) is 7.11. The van der Waals surface area contributed by atoms with Gasteiger partial charge in [-0.15, -0.1) is 11.8 Å². The molecule has 2 rings (SSSR count). The molecule has 0 radical (unpaired) electrons. The van der Waals surface area contributed by atoms with Gasteiger partial charge in [0.1, 0.15) is 5.82 Å². The van der Waals surface area contributed by atoms with Crippen LogP contribution in [-0.4, -0.2) is 7.05 Å². The minimum atomic E-state index is -0.163. The Kier molecular flexibility index (Phi) is 5.46. The average molecular weight is 310 g/mol. The summed E-state index contributed by atoms with van der Waals surface area (Å²) in [6, 6.07) is 13.0. The van der Waals surface area contributed by atoms with Gasteiger partial charge in [0.25, 0.3) is 0 Å². The van der Waals surface area contributed by atoms with Crippen molar-refractivity contribution < 1.29 is 4.39 Å². The zero-order chi connectivity index (χ0) is 14.5. The summed E-state index contributed by atoms with van der Waals surface area (Å²) < 4.78 is 14.0. The standard InChI is InChI=1S/C16H17ClFNS/c1-11(19-2)14-4-3-5-15(18)16(14)20-10-12-6-8-13(17)9-7-12/h3-9,11,19H,10H2,1-2H3. The third-order valence-corrected chi connectivity index (χ3v) is 4.64. The lowest BCUT2D eigenvalue weighted by atomic mass is 10.1. The van der Waals surface area contributed by atoms with Gasteiger partial charge in [0.15, 0.2) is 0 Å². The van der Waals surface area contributed by atoms with Crippen LogP contribution < -0.4 is 5.32 Å². The molecule has 1 unspecified atom stereocenters. The molecule has 0 aliphatic carbocycles. The van der Waals surface area contributed by atoms with Crippen LogP contribution in [0, 0.1) is 5.82 Å². The Hall–Kier alpha value is -1.03. The van der Waals surface area contributed by atoms with Crippen LogP contribution in [0.25, 0.3) is 0 Å². The Bertz CT molecular complexity index is 571. The first-order valence-corrected chi connectivity index (χ1v) is 7.81. The van der Waals surface area contributed by atoms with Gasteiger partial charge in [-0.25, -0.2) is 4.39 Å². The van der Waals surface area contributed by atoms with E-state index < -0.39 is 0 Å². The first kappa shape index (κ1) is 15.4. The SMILES string of the molecule is CNC(C)c1cccc(F)c1SCc1ccc(Cl)cc1. The highest BCUT2D eigenvalue weighted by molar-refractivity contribution is 7.98. The minimum Gasteiger partial charge on any atom is -0.313 e. The van der Waals surface area contributed by atoms with Gasteiger partial charge in [0.2, 0.25) is 0 Å². The van der Waals surface area contributed by atoms with Gasteiger partial charge < -0.3 is 5.32 Å². The van der Waals surface area contributed by atoms with Gasteiger partial charge in [0.05, 0.1) is 0 Å². The second-order valence-electron chi connectivity index (χ2n) is 4.58. The molecule has 20 heavy (non-hydrogen) atoms. The van der Waals surface area contributed by atoms with Crippen LogP contribution in [0.4, 0.5) is 4.39 Å². The van der Waals surface area contributed by atoms with Crippen LogP contribution in [0.3, 0.4) is 0 Å². The molecule has 0 saturated heterocycles. The lowest BCUT2D eigenvalue weighted by Gasteiger charge is -2.16. The number of halogens is 2. The molecule has 0 spiro atoms. The third-order valence-electron chi connectivity index (χ3n) is 3.19. The molecule has 0 saturated carbocycles. The molecule has 0 heterocycles. The van der Waals surface area contributed by atoms with Crippen molar-refractivity contribution in [3.63, 3.8) is 0 Å². The largest absolute Gasteiger partial charge is 0.313 e. The maximum absolute atomic E-state index is 14.0. The Balaban J connectivity index is 2.18. The Morgan fingerprint density at radius 3 is 2.55 bits per heavy atom. The maximum Gasteiger partial charge on any atom is 0.137 e. The summed E-state index contributed by atoms with van der Waals surface area (Å²) >= 11 is 7.38. The van der Waals surface area contributed by atoms with Gasteiger partial charge in [0, 0.05) is 21.7 Å². The van der Waals surface area contributed by atoms with Gasteiger partial charge >= 0.3 is 0 Å². The maximum atomic E-state index is 14.0. The average Bonchev–Trinajstić information content (AvgIpc) is 2.46. The predicted octanol–water partition coefficient (Wildman–Crippen LogP) is 5.05. The third kappa shape index (κ3) is 3.75. The highest BCUT2D eigenvalue weighted by atomic mass is 35.5. The molecule has 4 heteroatoms. The van der Waals surface area contributed by atoms with Crippen LogP contribution in [0.15, 0.2) is 47.4 Å². The zero-order valence-corrected chi connectivity index (χ0v) is 13.1. The Morgan fingerprint density at radius 1 is 1.20 bits per heavy atom. The minimum absolute atomic E-state index is 0.124. The molecule has 1 atom stereocenters. The van der Waals surface area contributed by atoms with E-state index in [0.29, 0.717) is 9.92 Å². The molecule has 0 amide bonds. The van der Waals surface area contributed by atoms with E-state index in [1.54, 1.807) is 6.07 Å². The number of benzene rings is 2. The molecular formula is C16H17ClFNS. The summed E-state index contributed by atoms with van der Waals surface area (Å²) in [5.41, 5.74) is 2.12.